The minimum absolute atomic E-state index is 0.0226. The van der Waals surface area contributed by atoms with Crippen molar-refractivity contribution in [2.75, 3.05) is 18.5 Å². The molecule has 0 unspecified atom stereocenters. The molecule has 0 radical (unpaired) electrons. The largest absolute Gasteiger partial charge is 0.369 e. The van der Waals surface area contributed by atoms with Crippen molar-refractivity contribution >= 4 is 5.69 Å². The summed E-state index contributed by atoms with van der Waals surface area (Å²) in [7, 11) is 1.65. The minimum atomic E-state index is -2.32. The molecule has 0 amide bonds. The lowest BCUT2D eigenvalue weighted by molar-refractivity contribution is 0.156. The predicted molar refractivity (Wildman–Crippen MR) is 62.9 cm³/mol. The van der Waals surface area contributed by atoms with Crippen molar-refractivity contribution in [1.29, 1.82) is 0 Å². The van der Waals surface area contributed by atoms with E-state index in [-0.39, 0.29) is 12.6 Å². The number of rotatable bonds is 5. The summed E-state index contributed by atoms with van der Waals surface area (Å²) >= 11 is 0. The van der Waals surface area contributed by atoms with Crippen molar-refractivity contribution < 1.29 is 8.78 Å². The zero-order valence-corrected chi connectivity index (χ0v) is 9.66. The summed E-state index contributed by atoms with van der Waals surface area (Å²) < 4.78 is 24.3. The average Bonchev–Trinajstić information content (AvgIpc) is 2.27. The summed E-state index contributed by atoms with van der Waals surface area (Å²) in [4.78, 5) is 1.53. The fourth-order valence-corrected chi connectivity index (χ4v) is 1.52. The van der Waals surface area contributed by atoms with Gasteiger partial charge >= 0.3 is 0 Å². The highest BCUT2D eigenvalue weighted by atomic mass is 19.3. The van der Waals surface area contributed by atoms with Gasteiger partial charge in [-0.15, -0.1) is 0 Å². The maximum absolute atomic E-state index is 12.2. The van der Waals surface area contributed by atoms with Gasteiger partial charge in [-0.1, -0.05) is 19.1 Å². The Kier molecular flexibility index (Phi) is 4.68. The second-order valence-corrected chi connectivity index (χ2v) is 3.88. The van der Waals surface area contributed by atoms with E-state index in [4.69, 9.17) is 5.73 Å². The first-order valence-corrected chi connectivity index (χ1v) is 5.39. The third kappa shape index (κ3) is 3.45. The van der Waals surface area contributed by atoms with Crippen LogP contribution >= 0.6 is 0 Å². The van der Waals surface area contributed by atoms with Crippen molar-refractivity contribution in [3.63, 3.8) is 0 Å². The molecule has 0 aliphatic heterocycles. The van der Waals surface area contributed by atoms with E-state index >= 15 is 0 Å². The summed E-state index contributed by atoms with van der Waals surface area (Å²) in [5.41, 5.74) is 7.69. The topological polar surface area (TPSA) is 29.3 Å². The molecular weight excluding hydrogens is 210 g/mol. The maximum Gasteiger partial charge on any atom is 0.255 e. The first-order valence-electron chi connectivity index (χ1n) is 5.39. The Labute approximate surface area is 95.1 Å². The van der Waals surface area contributed by atoms with E-state index in [2.05, 4.69) is 0 Å². The van der Waals surface area contributed by atoms with Crippen LogP contribution in [0.1, 0.15) is 24.9 Å². The van der Waals surface area contributed by atoms with Crippen LogP contribution in [0, 0.1) is 0 Å². The molecule has 1 aromatic carbocycles. The van der Waals surface area contributed by atoms with Gasteiger partial charge in [-0.2, -0.15) is 0 Å². The minimum Gasteiger partial charge on any atom is -0.369 e. The Bertz CT molecular complexity index is 311. The van der Waals surface area contributed by atoms with Gasteiger partial charge in [-0.25, -0.2) is 8.78 Å². The zero-order chi connectivity index (χ0) is 12.1. The third-order valence-corrected chi connectivity index (χ3v) is 2.61. The Morgan fingerprint density at radius 2 is 1.81 bits per heavy atom. The molecule has 0 saturated heterocycles. The third-order valence-electron chi connectivity index (χ3n) is 2.61. The van der Waals surface area contributed by atoms with Crippen LogP contribution in [0.3, 0.4) is 0 Å². The van der Waals surface area contributed by atoms with Gasteiger partial charge < -0.3 is 10.6 Å². The van der Waals surface area contributed by atoms with Crippen LogP contribution in [0.25, 0.3) is 0 Å². The number of hydrogen-bond acceptors (Lipinski definition) is 2. The molecule has 0 spiro atoms. The van der Waals surface area contributed by atoms with E-state index in [0.717, 1.165) is 17.7 Å². The van der Waals surface area contributed by atoms with Crippen molar-refractivity contribution in [3.8, 4) is 0 Å². The highest BCUT2D eigenvalue weighted by Gasteiger charge is 2.09. The number of hydrogen-bond donors (Lipinski definition) is 1. The normalized spacial score (nSPS) is 12.9. The average molecular weight is 228 g/mol. The monoisotopic (exact) mass is 228 g/mol. The number of nitrogens with two attached hydrogens (primary N) is 1. The summed E-state index contributed by atoms with van der Waals surface area (Å²) in [6.45, 7) is 1.76. The van der Waals surface area contributed by atoms with E-state index in [1.165, 1.54) is 4.90 Å². The Morgan fingerprint density at radius 1 is 1.25 bits per heavy atom. The van der Waals surface area contributed by atoms with E-state index in [0.29, 0.717) is 0 Å². The quantitative estimate of drug-likeness (QED) is 0.839. The molecule has 0 aliphatic carbocycles. The van der Waals surface area contributed by atoms with Gasteiger partial charge in [0, 0.05) is 18.8 Å². The summed E-state index contributed by atoms with van der Waals surface area (Å²) in [6, 6.07) is 7.46. The second kappa shape index (κ2) is 5.80. The lowest BCUT2D eigenvalue weighted by Crippen LogP contribution is -2.23. The number of alkyl halides is 2. The van der Waals surface area contributed by atoms with Crippen LogP contribution in [-0.4, -0.2) is 20.0 Å². The van der Waals surface area contributed by atoms with Crippen molar-refractivity contribution in [3.05, 3.63) is 29.8 Å². The molecule has 1 rings (SSSR count). The second-order valence-electron chi connectivity index (χ2n) is 3.88. The molecule has 0 fully saturated rings. The molecule has 1 aromatic rings. The number of halogens is 2. The van der Waals surface area contributed by atoms with Gasteiger partial charge in [0.2, 0.25) is 0 Å². The van der Waals surface area contributed by atoms with Crippen LogP contribution in [0.4, 0.5) is 14.5 Å². The number of nitrogens with zero attached hydrogens (tertiary/aromatic N) is 1. The smallest absolute Gasteiger partial charge is 0.255 e. The van der Waals surface area contributed by atoms with E-state index in [1.807, 2.05) is 31.2 Å². The fourth-order valence-electron chi connectivity index (χ4n) is 1.52. The van der Waals surface area contributed by atoms with Gasteiger partial charge in [-0.05, 0) is 24.1 Å². The van der Waals surface area contributed by atoms with Crippen LogP contribution in [0.5, 0.6) is 0 Å². The fraction of sp³-hybridized carbons (Fsp3) is 0.500. The number of anilines is 1. The van der Waals surface area contributed by atoms with Crippen LogP contribution in [-0.2, 0) is 0 Å². The zero-order valence-electron chi connectivity index (χ0n) is 9.66. The molecule has 1 atom stereocenters. The standard InChI is InChI=1S/C12H18F2N2/c1-3-11(15)9-4-6-10(7-5-9)16(2)8-12(13)14/h4-7,11-12H,3,8,15H2,1-2H3/t11-/m0/s1. The maximum atomic E-state index is 12.2. The SMILES string of the molecule is CC[C@H](N)c1ccc(N(C)CC(F)F)cc1. The van der Waals surface area contributed by atoms with E-state index < -0.39 is 6.43 Å². The van der Waals surface area contributed by atoms with Crippen LogP contribution in [0.2, 0.25) is 0 Å². The van der Waals surface area contributed by atoms with Crippen molar-refractivity contribution in [1.82, 2.24) is 0 Å². The molecular formula is C12H18F2N2. The molecule has 0 aromatic heterocycles. The molecule has 2 nitrogen and oxygen atoms in total. The van der Waals surface area contributed by atoms with Crippen LogP contribution in [0.15, 0.2) is 24.3 Å². The van der Waals surface area contributed by atoms with Gasteiger partial charge in [0.15, 0.2) is 0 Å². The van der Waals surface area contributed by atoms with Gasteiger partial charge in [-0.3, -0.25) is 0 Å². The molecule has 16 heavy (non-hydrogen) atoms. The van der Waals surface area contributed by atoms with Crippen molar-refractivity contribution in [2.45, 2.75) is 25.8 Å². The van der Waals surface area contributed by atoms with Gasteiger partial charge in [0.25, 0.3) is 6.43 Å². The van der Waals surface area contributed by atoms with Crippen LogP contribution < -0.4 is 10.6 Å². The lowest BCUT2D eigenvalue weighted by atomic mass is 10.1. The number of benzene rings is 1. The lowest BCUT2D eigenvalue weighted by Gasteiger charge is -2.19. The molecule has 2 N–H and O–H groups in total. The Morgan fingerprint density at radius 3 is 2.25 bits per heavy atom. The first kappa shape index (κ1) is 12.9. The molecule has 90 valence electrons. The molecule has 0 heterocycles. The highest BCUT2D eigenvalue weighted by molar-refractivity contribution is 5.47. The molecule has 0 aliphatic rings. The van der Waals surface area contributed by atoms with Crippen molar-refractivity contribution in [2.24, 2.45) is 5.73 Å². The first-order chi connectivity index (χ1) is 7.54. The molecule has 4 heteroatoms. The summed E-state index contributed by atoms with van der Waals surface area (Å²) in [5, 5.41) is 0. The molecule has 0 saturated carbocycles. The summed E-state index contributed by atoms with van der Waals surface area (Å²) in [6.07, 6.45) is -1.45. The van der Waals surface area contributed by atoms with Gasteiger partial charge in [0.05, 0.1) is 6.54 Å². The van der Waals surface area contributed by atoms with E-state index in [9.17, 15) is 8.78 Å². The Hall–Kier alpha value is -1.16. The highest BCUT2D eigenvalue weighted by Crippen LogP contribution is 2.19. The van der Waals surface area contributed by atoms with E-state index in [1.54, 1.807) is 7.05 Å². The predicted octanol–water partition coefficient (Wildman–Crippen LogP) is 2.80. The summed E-state index contributed by atoms with van der Waals surface area (Å²) in [5.74, 6) is 0. The molecule has 0 bridgehead atoms. The van der Waals surface area contributed by atoms with Gasteiger partial charge in [0.1, 0.15) is 0 Å². The Balaban J connectivity index is 2.70.